The zero-order valence-corrected chi connectivity index (χ0v) is 19.2. The SMILES string of the molecule is CC(=O)CCCCN1C(=O)C(CCO[Si](C)(C)C(C)(C)C)Oc2ccccc21. The van der Waals surface area contributed by atoms with Gasteiger partial charge in [0.1, 0.15) is 11.5 Å². The number of ketones is 1. The largest absolute Gasteiger partial charge is 0.478 e. The van der Waals surface area contributed by atoms with Gasteiger partial charge < -0.3 is 18.9 Å². The average molecular weight is 406 g/mol. The van der Waals surface area contributed by atoms with Gasteiger partial charge in [-0.05, 0) is 50.0 Å². The van der Waals surface area contributed by atoms with Crippen molar-refractivity contribution < 1.29 is 18.8 Å². The van der Waals surface area contributed by atoms with Crippen molar-refractivity contribution in [1.29, 1.82) is 0 Å². The zero-order valence-electron chi connectivity index (χ0n) is 18.2. The van der Waals surface area contributed by atoms with E-state index in [-0.39, 0.29) is 16.7 Å². The first-order valence-corrected chi connectivity index (χ1v) is 13.1. The number of hydrogen-bond acceptors (Lipinski definition) is 4. The third kappa shape index (κ3) is 5.67. The van der Waals surface area contributed by atoms with Crippen molar-refractivity contribution in [3.8, 4) is 5.75 Å². The minimum absolute atomic E-state index is 0.0136. The van der Waals surface area contributed by atoms with Gasteiger partial charge in [0.2, 0.25) is 0 Å². The van der Waals surface area contributed by atoms with E-state index in [1.54, 1.807) is 6.92 Å². The van der Waals surface area contributed by atoms with Crippen LogP contribution in [-0.4, -0.2) is 39.3 Å². The molecule has 156 valence electrons. The van der Waals surface area contributed by atoms with Crippen molar-refractivity contribution >= 4 is 25.7 Å². The molecule has 5 nitrogen and oxygen atoms in total. The summed E-state index contributed by atoms with van der Waals surface area (Å²) >= 11 is 0. The van der Waals surface area contributed by atoms with Crippen LogP contribution in [0.25, 0.3) is 0 Å². The molecule has 1 aromatic carbocycles. The second kappa shape index (κ2) is 9.22. The molecule has 1 aromatic rings. The maximum atomic E-state index is 13.1. The molecule has 2 rings (SSSR count). The highest BCUT2D eigenvalue weighted by Crippen LogP contribution is 2.37. The minimum Gasteiger partial charge on any atom is -0.478 e. The zero-order chi connectivity index (χ0) is 20.9. The standard InChI is InChI=1S/C22H35NO4Si/c1-17(24)11-9-10-15-23-18-12-7-8-13-19(18)27-20(21(23)25)14-16-26-28(5,6)22(2,3)4/h7-8,12-13,20H,9-11,14-16H2,1-6H3. The maximum Gasteiger partial charge on any atom is 0.268 e. The minimum atomic E-state index is -1.85. The number of carbonyl (C=O) groups excluding carboxylic acids is 2. The summed E-state index contributed by atoms with van der Waals surface area (Å²) in [6, 6.07) is 7.66. The summed E-state index contributed by atoms with van der Waals surface area (Å²) in [6.07, 6.45) is 2.18. The summed E-state index contributed by atoms with van der Waals surface area (Å²) in [6.45, 7) is 13.8. The van der Waals surface area contributed by atoms with E-state index < -0.39 is 14.4 Å². The van der Waals surface area contributed by atoms with Crippen LogP contribution in [0.3, 0.4) is 0 Å². The highest BCUT2D eigenvalue weighted by atomic mass is 28.4. The summed E-state index contributed by atoms with van der Waals surface area (Å²) < 4.78 is 12.3. The fourth-order valence-corrected chi connectivity index (χ4v) is 4.03. The van der Waals surface area contributed by atoms with Crippen LogP contribution in [0.4, 0.5) is 5.69 Å². The molecule has 1 atom stereocenters. The number of nitrogens with zero attached hydrogens (tertiary/aromatic N) is 1. The number of para-hydroxylation sites is 2. The fraction of sp³-hybridized carbons (Fsp3) is 0.636. The summed E-state index contributed by atoms with van der Waals surface area (Å²) in [5.41, 5.74) is 0.817. The van der Waals surface area contributed by atoms with E-state index in [4.69, 9.17) is 9.16 Å². The molecule has 1 amide bonds. The number of anilines is 1. The van der Waals surface area contributed by atoms with Gasteiger partial charge in [-0.1, -0.05) is 32.9 Å². The number of rotatable bonds is 9. The van der Waals surface area contributed by atoms with E-state index in [0.717, 1.165) is 24.3 Å². The van der Waals surface area contributed by atoms with Crippen LogP contribution >= 0.6 is 0 Å². The Hall–Kier alpha value is -1.66. The van der Waals surface area contributed by atoms with E-state index in [9.17, 15) is 9.59 Å². The van der Waals surface area contributed by atoms with Gasteiger partial charge in [0.05, 0.1) is 5.69 Å². The van der Waals surface area contributed by atoms with Crippen LogP contribution < -0.4 is 9.64 Å². The second-order valence-electron chi connectivity index (χ2n) is 9.12. The highest BCUT2D eigenvalue weighted by Gasteiger charge is 2.38. The van der Waals surface area contributed by atoms with Crippen LogP contribution in [0, 0.1) is 0 Å². The van der Waals surface area contributed by atoms with Crippen LogP contribution in [0.5, 0.6) is 5.75 Å². The molecule has 1 heterocycles. The van der Waals surface area contributed by atoms with Gasteiger partial charge in [0.15, 0.2) is 14.4 Å². The van der Waals surface area contributed by atoms with Gasteiger partial charge in [-0.25, -0.2) is 0 Å². The van der Waals surface area contributed by atoms with Crippen LogP contribution in [0.2, 0.25) is 18.1 Å². The lowest BCUT2D eigenvalue weighted by Crippen LogP contribution is -2.47. The summed E-state index contributed by atoms with van der Waals surface area (Å²) in [4.78, 5) is 26.0. The molecule has 0 bridgehead atoms. The lowest BCUT2D eigenvalue weighted by atomic mass is 10.1. The van der Waals surface area contributed by atoms with Gasteiger partial charge in [-0.2, -0.15) is 0 Å². The lowest BCUT2D eigenvalue weighted by Gasteiger charge is -2.37. The van der Waals surface area contributed by atoms with Crippen LogP contribution in [0.1, 0.15) is 53.4 Å². The molecular formula is C22H35NO4Si. The molecule has 0 N–H and O–H groups in total. The van der Waals surface area contributed by atoms with Crippen molar-refractivity contribution in [1.82, 2.24) is 0 Å². The number of amides is 1. The molecule has 0 aromatic heterocycles. The molecule has 28 heavy (non-hydrogen) atoms. The van der Waals surface area contributed by atoms with Gasteiger partial charge in [0, 0.05) is 26.0 Å². The summed E-state index contributed by atoms with van der Waals surface area (Å²) in [7, 11) is -1.85. The van der Waals surface area contributed by atoms with E-state index in [0.29, 0.717) is 26.0 Å². The molecule has 0 fully saturated rings. The Morgan fingerprint density at radius 3 is 2.54 bits per heavy atom. The average Bonchev–Trinajstić information content (AvgIpc) is 2.59. The van der Waals surface area contributed by atoms with Crippen molar-refractivity contribution in [3.63, 3.8) is 0 Å². The number of hydrogen-bond donors (Lipinski definition) is 0. The van der Waals surface area contributed by atoms with Crippen molar-refractivity contribution in [2.45, 2.75) is 77.6 Å². The quantitative estimate of drug-likeness (QED) is 0.431. The Kier molecular flexibility index (Phi) is 7.45. The molecule has 1 aliphatic heterocycles. The Morgan fingerprint density at radius 2 is 1.89 bits per heavy atom. The molecule has 6 heteroatoms. The Labute approximate surface area is 170 Å². The summed E-state index contributed by atoms with van der Waals surface area (Å²) in [5.74, 6) is 0.917. The Bertz CT molecular complexity index is 696. The van der Waals surface area contributed by atoms with Crippen LogP contribution in [0.15, 0.2) is 24.3 Å². The molecule has 0 spiro atoms. The van der Waals surface area contributed by atoms with Gasteiger partial charge >= 0.3 is 0 Å². The molecule has 0 saturated carbocycles. The first-order valence-electron chi connectivity index (χ1n) is 10.2. The van der Waals surface area contributed by atoms with Crippen molar-refractivity contribution in [3.05, 3.63) is 24.3 Å². The molecule has 0 radical (unpaired) electrons. The van der Waals surface area contributed by atoms with Gasteiger partial charge in [-0.3, -0.25) is 4.79 Å². The predicted molar refractivity (Wildman–Crippen MR) is 116 cm³/mol. The molecule has 1 aliphatic rings. The first-order chi connectivity index (χ1) is 13.0. The fourth-order valence-electron chi connectivity index (χ4n) is 2.97. The number of unbranched alkanes of at least 4 members (excludes halogenated alkanes) is 1. The molecule has 0 saturated heterocycles. The van der Waals surface area contributed by atoms with Gasteiger partial charge in [0.25, 0.3) is 5.91 Å². The first kappa shape index (κ1) is 22.6. The predicted octanol–water partition coefficient (Wildman–Crippen LogP) is 4.95. The number of Topliss-reactive ketones (excluding diaryl/α,β-unsaturated/α-hetero) is 1. The topological polar surface area (TPSA) is 55.8 Å². The van der Waals surface area contributed by atoms with Crippen LogP contribution in [-0.2, 0) is 14.0 Å². The second-order valence-corrected chi connectivity index (χ2v) is 13.9. The highest BCUT2D eigenvalue weighted by molar-refractivity contribution is 6.74. The number of carbonyl (C=O) groups is 2. The smallest absolute Gasteiger partial charge is 0.268 e. The number of fused-ring (bicyclic) bond motifs is 1. The van der Waals surface area contributed by atoms with E-state index in [1.165, 1.54) is 0 Å². The monoisotopic (exact) mass is 405 g/mol. The Morgan fingerprint density at radius 1 is 1.21 bits per heavy atom. The lowest BCUT2D eigenvalue weighted by molar-refractivity contribution is -0.127. The third-order valence-corrected chi connectivity index (χ3v) is 10.3. The van der Waals surface area contributed by atoms with E-state index in [2.05, 4.69) is 33.9 Å². The van der Waals surface area contributed by atoms with Crippen molar-refractivity contribution in [2.24, 2.45) is 0 Å². The summed E-state index contributed by atoms with van der Waals surface area (Å²) in [5, 5.41) is 0.139. The maximum absolute atomic E-state index is 13.1. The third-order valence-electron chi connectivity index (χ3n) is 5.78. The van der Waals surface area contributed by atoms with E-state index >= 15 is 0 Å². The van der Waals surface area contributed by atoms with Crippen molar-refractivity contribution in [2.75, 3.05) is 18.1 Å². The molecular weight excluding hydrogens is 370 g/mol. The molecule has 1 unspecified atom stereocenters. The number of benzene rings is 1. The van der Waals surface area contributed by atoms with Gasteiger partial charge in [-0.15, -0.1) is 0 Å². The van der Waals surface area contributed by atoms with E-state index in [1.807, 2.05) is 29.2 Å². The molecule has 0 aliphatic carbocycles. The Balaban J connectivity index is 2.03. The normalized spacial score (nSPS) is 17.3. The number of ether oxygens (including phenoxy) is 1.